The fraction of sp³-hybridized carbons (Fsp3) is 0.0476. The lowest BCUT2D eigenvalue weighted by Gasteiger charge is -2.31. The van der Waals surface area contributed by atoms with Crippen molar-refractivity contribution in [1.29, 1.82) is 0 Å². The molecule has 0 saturated heterocycles. The van der Waals surface area contributed by atoms with Gasteiger partial charge in [-0.15, -0.1) is 0 Å². The fourth-order valence-corrected chi connectivity index (χ4v) is 3.38. The maximum Gasteiger partial charge on any atom is 0.279 e. The normalized spacial score (nSPS) is 18.1. The quantitative estimate of drug-likeness (QED) is 0.715. The van der Waals surface area contributed by atoms with Gasteiger partial charge >= 0.3 is 0 Å². The Hall–Kier alpha value is -3.60. The van der Waals surface area contributed by atoms with E-state index in [2.05, 4.69) is 9.98 Å². The van der Waals surface area contributed by atoms with E-state index in [1.807, 2.05) is 66.7 Å². The Morgan fingerprint density at radius 1 is 0.885 bits per heavy atom. The number of nitrogens with zero attached hydrogens (tertiary/aromatic N) is 4. The van der Waals surface area contributed by atoms with Crippen molar-refractivity contribution in [1.82, 2.24) is 4.98 Å². The van der Waals surface area contributed by atoms with E-state index in [0.29, 0.717) is 11.5 Å². The summed E-state index contributed by atoms with van der Waals surface area (Å²) in [6.45, 7) is 0. The number of hydrogen-bond donors (Lipinski definition) is 0. The second-order valence-electron chi connectivity index (χ2n) is 6.13. The third-order valence-corrected chi connectivity index (χ3v) is 4.57. The number of amides is 1. The van der Waals surface area contributed by atoms with Gasteiger partial charge in [0.25, 0.3) is 5.91 Å². The SMILES string of the molecule is O=C1C2=NC(c3cccnc3)=NC2c2ccccc2N1c1ccccc1. The molecule has 2 aliphatic heterocycles. The van der Waals surface area contributed by atoms with Gasteiger partial charge in [0.15, 0.2) is 5.84 Å². The summed E-state index contributed by atoms with van der Waals surface area (Å²) in [6.07, 6.45) is 3.42. The molecule has 5 heteroatoms. The van der Waals surface area contributed by atoms with Gasteiger partial charge in [-0.2, -0.15) is 0 Å². The number of para-hydroxylation sites is 2. The molecule has 5 rings (SSSR count). The van der Waals surface area contributed by atoms with Crippen molar-refractivity contribution >= 4 is 28.8 Å². The summed E-state index contributed by atoms with van der Waals surface area (Å²) >= 11 is 0. The lowest BCUT2D eigenvalue weighted by Crippen LogP contribution is -2.39. The van der Waals surface area contributed by atoms with Crippen LogP contribution in [0, 0.1) is 0 Å². The topological polar surface area (TPSA) is 57.9 Å². The minimum Gasteiger partial charge on any atom is -0.276 e. The first-order valence-electron chi connectivity index (χ1n) is 8.38. The van der Waals surface area contributed by atoms with Crippen LogP contribution < -0.4 is 4.90 Å². The van der Waals surface area contributed by atoms with Gasteiger partial charge in [-0.1, -0.05) is 36.4 Å². The van der Waals surface area contributed by atoms with Crippen LogP contribution in [0.5, 0.6) is 0 Å². The van der Waals surface area contributed by atoms with Gasteiger partial charge in [0.1, 0.15) is 11.8 Å². The van der Waals surface area contributed by atoms with Crippen molar-refractivity contribution in [2.75, 3.05) is 4.90 Å². The predicted molar refractivity (Wildman–Crippen MR) is 101 cm³/mol. The van der Waals surface area contributed by atoms with E-state index in [9.17, 15) is 4.79 Å². The van der Waals surface area contributed by atoms with Crippen molar-refractivity contribution in [2.24, 2.45) is 9.98 Å². The van der Waals surface area contributed by atoms with Gasteiger partial charge in [-0.25, -0.2) is 4.99 Å². The van der Waals surface area contributed by atoms with Gasteiger partial charge in [0, 0.05) is 29.2 Å². The molecule has 0 spiro atoms. The first kappa shape index (κ1) is 14.7. The molecule has 0 radical (unpaired) electrons. The standard InChI is InChI=1S/C21H14N4O/c26-21-19-18(23-20(24-19)14-7-6-12-22-13-14)16-10-4-5-11-17(16)25(21)15-8-2-1-3-9-15/h1-13,18H. The second-order valence-corrected chi connectivity index (χ2v) is 6.13. The Morgan fingerprint density at radius 2 is 1.69 bits per heavy atom. The average molecular weight is 338 g/mol. The second kappa shape index (κ2) is 5.74. The number of fused-ring (bicyclic) bond motifs is 3. The van der Waals surface area contributed by atoms with Gasteiger partial charge in [-0.05, 0) is 30.3 Å². The average Bonchev–Trinajstić information content (AvgIpc) is 3.16. The summed E-state index contributed by atoms with van der Waals surface area (Å²) < 4.78 is 0. The Labute approximate surface area is 150 Å². The van der Waals surface area contributed by atoms with Crippen molar-refractivity contribution < 1.29 is 4.79 Å². The molecule has 1 aromatic heterocycles. The van der Waals surface area contributed by atoms with Crippen molar-refractivity contribution in [3.05, 3.63) is 90.3 Å². The zero-order valence-corrected chi connectivity index (χ0v) is 13.8. The molecule has 0 N–H and O–H groups in total. The number of carbonyl (C=O) groups is 1. The summed E-state index contributed by atoms with van der Waals surface area (Å²) in [5.74, 6) is 0.415. The summed E-state index contributed by atoms with van der Waals surface area (Å²) in [7, 11) is 0. The number of rotatable bonds is 2. The molecule has 1 atom stereocenters. The maximum absolute atomic E-state index is 13.3. The molecule has 0 aliphatic carbocycles. The molecule has 1 unspecified atom stereocenters. The van der Waals surface area contributed by atoms with Crippen molar-refractivity contribution in [2.45, 2.75) is 6.04 Å². The zero-order chi connectivity index (χ0) is 17.5. The molecular formula is C21H14N4O. The van der Waals surface area contributed by atoms with Gasteiger partial charge in [0.2, 0.25) is 0 Å². The van der Waals surface area contributed by atoms with E-state index in [-0.39, 0.29) is 11.9 Å². The largest absolute Gasteiger partial charge is 0.279 e. The van der Waals surface area contributed by atoms with Crippen LogP contribution in [0.15, 0.2) is 89.1 Å². The number of amidine groups is 1. The maximum atomic E-state index is 13.3. The van der Waals surface area contributed by atoms with Gasteiger partial charge in [0.05, 0.1) is 5.69 Å². The Bertz CT molecular complexity index is 1060. The highest BCUT2D eigenvalue weighted by atomic mass is 16.2. The molecule has 0 saturated carbocycles. The molecular weight excluding hydrogens is 324 g/mol. The number of pyridine rings is 1. The first-order chi connectivity index (χ1) is 12.8. The zero-order valence-electron chi connectivity index (χ0n) is 13.8. The van der Waals surface area contributed by atoms with Crippen LogP contribution >= 0.6 is 0 Å². The van der Waals surface area contributed by atoms with Crippen LogP contribution in [0.1, 0.15) is 17.2 Å². The van der Waals surface area contributed by atoms with Gasteiger partial charge < -0.3 is 0 Å². The van der Waals surface area contributed by atoms with E-state index in [1.54, 1.807) is 17.3 Å². The Kier molecular flexibility index (Phi) is 3.25. The summed E-state index contributed by atoms with van der Waals surface area (Å²) in [4.78, 5) is 28.4. The van der Waals surface area contributed by atoms with Crippen LogP contribution in [0.4, 0.5) is 11.4 Å². The highest BCUT2D eigenvalue weighted by Crippen LogP contribution is 2.41. The van der Waals surface area contributed by atoms with Crippen LogP contribution in [0.2, 0.25) is 0 Å². The third-order valence-electron chi connectivity index (χ3n) is 4.57. The van der Waals surface area contributed by atoms with Crippen molar-refractivity contribution in [3.63, 3.8) is 0 Å². The molecule has 2 aliphatic rings. The van der Waals surface area contributed by atoms with Crippen molar-refractivity contribution in [3.8, 4) is 0 Å². The molecule has 3 aromatic rings. The number of benzene rings is 2. The molecule has 2 aromatic carbocycles. The third kappa shape index (κ3) is 2.18. The number of carbonyl (C=O) groups excluding carboxylic acids is 1. The van der Waals surface area contributed by atoms with Crippen LogP contribution in [0.3, 0.4) is 0 Å². The number of hydrogen-bond acceptors (Lipinski definition) is 4. The number of anilines is 2. The number of aromatic nitrogens is 1. The number of aliphatic imine (C=N–C) groups is 2. The monoisotopic (exact) mass is 338 g/mol. The molecule has 1 amide bonds. The molecule has 5 nitrogen and oxygen atoms in total. The molecule has 0 fully saturated rings. The smallest absolute Gasteiger partial charge is 0.276 e. The molecule has 124 valence electrons. The minimum absolute atomic E-state index is 0.137. The highest BCUT2D eigenvalue weighted by Gasteiger charge is 2.40. The summed E-state index contributed by atoms with van der Waals surface area (Å²) in [6, 6.07) is 20.9. The summed E-state index contributed by atoms with van der Waals surface area (Å²) in [5.41, 5.74) is 3.91. The van der Waals surface area contributed by atoms with Crippen LogP contribution in [0.25, 0.3) is 0 Å². The first-order valence-corrected chi connectivity index (χ1v) is 8.38. The summed E-state index contributed by atoms with van der Waals surface area (Å²) in [5, 5.41) is 0. The van der Waals surface area contributed by atoms with E-state index in [1.165, 1.54) is 0 Å². The highest BCUT2D eigenvalue weighted by molar-refractivity contribution is 6.51. The van der Waals surface area contributed by atoms with E-state index in [0.717, 1.165) is 22.5 Å². The molecule has 3 heterocycles. The Balaban J connectivity index is 1.68. The van der Waals surface area contributed by atoms with Crippen LogP contribution in [-0.4, -0.2) is 22.4 Å². The molecule has 26 heavy (non-hydrogen) atoms. The van der Waals surface area contributed by atoms with E-state index in [4.69, 9.17) is 4.99 Å². The Morgan fingerprint density at radius 3 is 2.50 bits per heavy atom. The molecule has 0 bridgehead atoms. The minimum atomic E-state index is -0.367. The van der Waals surface area contributed by atoms with E-state index >= 15 is 0 Å². The van der Waals surface area contributed by atoms with Gasteiger partial charge in [-0.3, -0.25) is 19.7 Å². The fourth-order valence-electron chi connectivity index (χ4n) is 3.38. The van der Waals surface area contributed by atoms with E-state index < -0.39 is 0 Å². The lowest BCUT2D eigenvalue weighted by atomic mass is 9.94. The predicted octanol–water partition coefficient (Wildman–Crippen LogP) is 3.70. The lowest BCUT2D eigenvalue weighted by molar-refractivity contribution is -0.112. The van der Waals surface area contributed by atoms with Crippen LogP contribution in [-0.2, 0) is 4.79 Å².